The molecule has 0 saturated heterocycles. The second-order valence-corrected chi connectivity index (χ2v) is 2.62. The number of nitrogens with one attached hydrogen (secondary N) is 1. The van der Waals surface area contributed by atoms with Gasteiger partial charge in [-0.3, -0.25) is 14.8 Å². The molecule has 2 heterocycles. The lowest BCUT2D eigenvalue weighted by Gasteiger charge is -1.98. The first-order valence-corrected chi connectivity index (χ1v) is 3.85. The first kappa shape index (κ1) is 8.89. The number of H-pyrrole nitrogens is 1. The Morgan fingerprint density at radius 3 is 3.00 bits per heavy atom. The van der Waals surface area contributed by atoms with Gasteiger partial charge in [0.1, 0.15) is 17.4 Å². The number of aromatic nitrogens is 3. The van der Waals surface area contributed by atoms with E-state index in [0.717, 1.165) is 6.20 Å². The van der Waals surface area contributed by atoms with Crippen molar-refractivity contribution in [1.29, 1.82) is 0 Å². The number of pyridine rings is 1. The van der Waals surface area contributed by atoms with E-state index in [0.29, 0.717) is 0 Å². The number of halogens is 2. The van der Waals surface area contributed by atoms with E-state index in [9.17, 15) is 9.18 Å². The van der Waals surface area contributed by atoms with Crippen molar-refractivity contribution in [3.05, 3.63) is 28.6 Å². The van der Waals surface area contributed by atoms with Crippen LogP contribution in [0.15, 0.2) is 17.2 Å². The van der Waals surface area contributed by atoms with Crippen LogP contribution in [0.3, 0.4) is 0 Å². The standard InChI is InChI=1S/C7H3ClFN3O2/c8-14-7-11-5-3(6(13)12-7)1-10-2-4(5)9/h1-2H,(H,11,12,13). The maximum absolute atomic E-state index is 13.1. The molecule has 0 fully saturated rings. The van der Waals surface area contributed by atoms with E-state index in [1.54, 1.807) is 0 Å². The zero-order valence-corrected chi connectivity index (χ0v) is 7.38. The minimum atomic E-state index is -0.705. The quantitative estimate of drug-likeness (QED) is 0.770. The van der Waals surface area contributed by atoms with Gasteiger partial charge in [-0.2, -0.15) is 4.98 Å². The fraction of sp³-hybridized carbons (Fsp3) is 0. The Balaban J connectivity index is 2.91. The molecule has 0 radical (unpaired) electrons. The highest BCUT2D eigenvalue weighted by Crippen LogP contribution is 2.12. The smallest absolute Gasteiger partial charge is 0.316 e. The molecule has 0 aliphatic carbocycles. The minimum absolute atomic E-state index is 0.0440. The first-order chi connectivity index (χ1) is 6.72. The molecule has 2 aromatic rings. The van der Waals surface area contributed by atoms with Crippen LogP contribution in [0.2, 0.25) is 0 Å². The van der Waals surface area contributed by atoms with Gasteiger partial charge in [0.15, 0.2) is 5.82 Å². The lowest BCUT2D eigenvalue weighted by atomic mass is 10.3. The highest BCUT2D eigenvalue weighted by atomic mass is 35.5. The third-order valence-corrected chi connectivity index (χ3v) is 1.77. The topological polar surface area (TPSA) is 67.9 Å². The van der Waals surface area contributed by atoms with E-state index in [4.69, 9.17) is 11.9 Å². The summed E-state index contributed by atoms with van der Waals surface area (Å²) in [5.74, 6) is -0.705. The van der Waals surface area contributed by atoms with Gasteiger partial charge in [0.2, 0.25) is 0 Å². The Morgan fingerprint density at radius 2 is 2.29 bits per heavy atom. The molecule has 72 valence electrons. The summed E-state index contributed by atoms with van der Waals surface area (Å²) in [6.45, 7) is 0. The number of fused-ring (bicyclic) bond motifs is 1. The molecule has 0 bridgehead atoms. The molecule has 0 aromatic carbocycles. The molecule has 2 rings (SSSR count). The summed E-state index contributed by atoms with van der Waals surface area (Å²) in [5, 5.41) is 0.0440. The van der Waals surface area contributed by atoms with Crippen LogP contribution in [-0.2, 0) is 0 Å². The van der Waals surface area contributed by atoms with Crippen molar-refractivity contribution < 1.29 is 8.68 Å². The highest BCUT2D eigenvalue weighted by molar-refractivity contribution is 6.08. The molecular weight excluding hydrogens is 213 g/mol. The summed E-state index contributed by atoms with van der Waals surface area (Å²) >= 11 is 4.98. The Labute approximate surface area is 81.7 Å². The lowest BCUT2D eigenvalue weighted by molar-refractivity contribution is 0.558. The molecule has 0 aliphatic rings. The second-order valence-electron chi connectivity index (χ2n) is 2.47. The van der Waals surface area contributed by atoms with Crippen LogP contribution < -0.4 is 9.85 Å². The SMILES string of the molecule is O=c1[nH]c(OCl)nc2c(F)cncc12. The zero-order chi connectivity index (χ0) is 10.1. The Morgan fingerprint density at radius 1 is 1.50 bits per heavy atom. The Kier molecular flexibility index (Phi) is 2.05. The van der Waals surface area contributed by atoms with Crippen molar-refractivity contribution in [2.75, 3.05) is 0 Å². The second kappa shape index (κ2) is 3.22. The predicted molar refractivity (Wildman–Crippen MR) is 46.6 cm³/mol. The van der Waals surface area contributed by atoms with Gasteiger partial charge in [-0.25, -0.2) is 4.39 Å². The molecule has 0 aliphatic heterocycles. The molecule has 0 spiro atoms. The molecule has 0 unspecified atom stereocenters. The van der Waals surface area contributed by atoms with E-state index < -0.39 is 11.4 Å². The van der Waals surface area contributed by atoms with Crippen molar-refractivity contribution in [1.82, 2.24) is 15.0 Å². The normalized spacial score (nSPS) is 10.4. The minimum Gasteiger partial charge on any atom is -0.347 e. The molecule has 5 nitrogen and oxygen atoms in total. The maximum atomic E-state index is 13.1. The van der Waals surface area contributed by atoms with E-state index in [1.165, 1.54) is 6.20 Å². The van der Waals surface area contributed by atoms with Gasteiger partial charge >= 0.3 is 6.01 Å². The molecule has 2 aromatic heterocycles. The number of hydrogen-bond donors (Lipinski definition) is 1. The molecule has 1 N–H and O–H groups in total. The summed E-state index contributed by atoms with van der Waals surface area (Å²) in [5.41, 5.74) is -0.683. The fourth-order valence-corrected chi connectivity index (χ4v) is 1.11. The van der Waals surface area contributed by atoms with E-state index in [2.05, 4.69) is 19.2 Å². The fourth-order valence-electron chi connectivity index (χ4n) is 1.04. The third kappa shape index (κ3) is 1.29. The van der Waals surface area contributed by atoms with Gasteiger partial charge in [-0.15, -0.1) is 0 Å². The summed E-state index contributed by atoms with van der Waals surface area (Å²) < 4.78 is 17.3. The van der Waals surface area contributed by atoms with Crippen LogP contribution in [0.1, 0.15) is 0 Å². The van der Waals surface area contributed by atoms with Crippen LogP contribution in [0.4, 0.5) is 4.39 Å². The summed E-state index contributed by atoms with van der Waals surface area (Å²) in [7, 11) is 0. The molecular formula is C7H3ClFN3O2. The van der Waals surface area contributed by atoms with Crippen LogP contribution in [0.25, 0.3) is 10.9 Å². The van der Waals surface area contributed by atoms with Gasteiger partial charge in [0, 0.05) is 6.20 Å². The van der Waals surface area contributed by atoms with E-state index >= 15 is 0 Å². The number of aromatic amines is 1. The lowest BCUT2D eigenvalue weighted by Crippen LogP contribution is -2.09. The van der Waals surface area contributed by atoms with Gasteiger partial charge in [-0.1, -0.05) is 0 Å². The third-order valence-electron chi connectivity index (χ3n) is 1.62. The van der Waals surface area contributed by atoms with Crippen LogP contribution in [0.5, 0.6) is 6.01 Å². The summed E-state index contributed by atoms with van der Waals surface area (Å²) in [4.78, 5) is 20.6. The van der Waals surface area contributed by atoms with Crippen molar-refractivity contribution in [3.63, 3.8) is 0 Å². The maximum Gasteiger partial charge on any atom is 0.316 e. The molecule has 0 amide bonds. The van der Waals surface area contributed by atoms with Crippen LogP contribution in [0, 0.1) is 5.82 Å². The molecule has 0 saturated carbocycles. The summed E-state index contributed by atoms with van der Waals surface area (Å²) in [6.07, 6.45) is 2.16. The average Bonchev–Trinajstić information content (AvgIpc) is 2.19. The van der Waals surface area contributed by atoms with Crippen LogP contribution in [-0.4, -0.2) is 15.0 Å². The van der Waals surface area contributed by atoms with E-state index in [-0.39, 0.29) is 16.9 Å². The highest BCUT2D eigenvalue weighted by Gasteiger charge is 2.08. The van der Waals surface area contributed by atoms with Crippen molar-refractivity contribution in [3.8, 4) is 6.01 Å². The van der Waals surface area contributed by atoms with Crippen molar-refractivity contribution in [2.45, 2.75) is 0 Å². The van der Waals surface area contributed by atoms with Crippen molar-refractivity contribution in [2.24, 2.45) is 0 Å². The Bertz CT molecular complexity index is 542. The van der Waals surface area contributed by atoms with Crippen LogP contribution >= 0.6 is 11.9 Å². The van der Waals surface area contributed by atoms with Gasteiger partial charge in [0.25, 0.3) is 5.56 Å². The molecule has 14 heavy (non-hydrogen) atoms. The first-order valence-electron chi connectivity index (χ1n) is 3.54. The predicted octanol–water partition coefficient (Wildman–Crippen LogP) is 0.990. The number of nitrogens with zero attached hydrogens (tertiary/aromatic N) is 2. The largest absolute Gasteiger partial charge is 0.347 e. The Hall–Kier alpha value is -1.69. The van der Waals surface area contributed by atoms with E-state index in [1.807, 2.05) is 0 Å². The summed E-state index contributed by atoms with van der Waals surface area (Å²) in [6, 6.07) is -0.255. The average molecular weight is 216 g/mol. The molecule has 7 heteroatoms. The van der Waals surface area contributed by atoms with Gasteiger partial charge in [-0.05, 0) is 0 Å². The molecule has 0 atom stereocenters. The van der Waals surface area contributed by atoms with Gasteiger partial charge in [0.05, 0.1) is 11.6 Å². The monoisotopic (exact) mass is 215 g/mol. The number of rotatable bonds is 1. The van der Waals surface area contributed by atoms with Gasteiger partial charge < -0.3 is 4.29 Å². The number of hydrogen-bond acceptors (Lipinski definition) is 4. The zero-order valence-electron chi connectivity index (χ0n) is 6.62. The van der Waals surface area contributed by atoms with Crippen molar-refractivity contribution >= 4 is 22.8 Å².